The van der Waals surface area contributed by atoms with E-state index < -0.39 is 0 Å². The Balaban J connectivity index is 1.67. The van der Waals surface area contributed by atoms with Gasteiger partial charge in [0.1, 0.15) is 0 Å². The fourth-order valence-electron chi connectivity index (χ4n) is 2.66. The predicted molar refractivity (Wildman–Crippen MR) is 59.7 cm³/mol. The second kappa shape index (κ2) is 5.83. The molecule has 0 radical (unpaired) electrons. The Hall–Kier alpha value is -0.120. The lowest BCUT2D eigenvalue weighted by Crippen LogP contribution is -2.31. The molecule has 88 valence electrons. The van der Waals surface area contributed by atoms with Gasteiger partial charge in [0.05, 0.1) is 18.8 Å². The van der Waals surface area contributed by atoms with Crippen LogP contribution < -0.4 is 5.73 Å². The van der Waals surface area contributed by atoms with Crippen LogP contribution in [0.1, 0.15) is 38.5 Å². The van der Waals surface area contributed by atoms with Gasteiger partial charge in [-0.05, 0) is 44.6 Å². The second-order valence-corrected chi connectivity index (χ2v) is 4.79. The van der Waals surface area contributed by atoms with Gasteiger partial charge < -0.3 is 15.2 Å². The van der Waals surface area contributed by atoms with Crippen LogP contribution in [-0.2, 0) is 9.47 Å². The van der Waals surface area contributed by atoms with E-state index in [-0.39, 0.29) is 0 Å². The maximum absolute atomic E-state index is 5.94. The van der Waals surface area contributed by atoms with Crippen molar-refractivity contribution in [1.82, 2.24) is 0 Å². The number of ether oxygens (including phenoxy) is 2. The van der Waals surface area contributed by atoms with Crippen molar-refractivity contribution in [1.29, 1.82) is 0 Å². The molecule has 2 fully saturated rings. The minimum Gasteiger partial charge on any atom is -0.376 e. The van der Waals surface area contributed by atoms with Crippen LogP contribution in [0.3, 0.4) is 0 Å². The predicted octanol–water partition coefficient (Wildman–Crippen LogP) is 1.70. The van der Waals surface area contributed by atoms with Gasteiger partial charge in [-0.2, -0.15) is 0 Å². The van der Waals surface area contributed by atoms with Crippen molar-refractivity contribution >= 4 is 0 Å². The van der Waals surface area contributed by atoms with Crippen molar-refractivity contribution in [3.8, 4) is 0 Å². The van der Waals surface area contributed by atoms with E-state index in [2.05, 4.69) is 0 Å². The van der Waals surface area contributed by atoms with E-state index >= 15 is 0 Å². The number of hydrogen-bond acceptors (Lipinski definition) is 3. The second-order valence-electron chi connectivity index (χ2n) is 4.79. The van der Waals surface area contributed by atoms with E-state index in [1.807, 2.05) is 0 Å². The van der Waals surface area contributed by atoms with Crippen molar-refractivity contribution in [2.24, 2.45) is 11.7 Å². The summed E-state index contributed by atoms with van der Waals surface area (Å²) in [4.78, 5) is 0. The molecule has 1 aliphatic carbocycles. The zero-order chi connectivity index (χ0) is 10.5. The molecule has 1 saturated carbocycles. The third-order valence-corrected chi connectivity index (χ3v) is 3.66. The van der Waals surface area contributed by atoms with E-state index in [0.29, 0.717) is 18.1 Å². The SMILES string of the molecule is NCC1CCCC1OCC1CCCCO1. The zero-order valence-corrected chi connectivity index (χ0v) is 9.49. The van der Waals surface area contributed by atoms with Crippen LogP contribution >= 0.6 is 0 Å². The van der Waals surface area contributed by atoms with Gasteiger partial charge in [0.25, 0.3) is 0 Å². The lowest BCUT2D eigenvalue weighted by molar-refractivity contribution is -0.0699. The Morgan fingerprint density at radius 2 is 2.07 bits per heavy atom. The summed E-state index contributed by atoms with van der Waals surface area (Å²) in [6, 6.07) is 0. The molecule has 3 nitrogen and oxygen atoms in total. The molecular weight excluding hydrogens is 190 g/mol. The topological polar surface area (TPSA) is 44.5 Å². The highest BCUT2D eigenvalue weighted by molar-refractivity contribution is 4.79. The monoisotopic (exact) mass is 213 g/mol. The molecule has 15 heavy (non-hydrogen) atoms. The first kappa shape index (κ1) is 11.4. The molecule has 2 rings (SSSR count). The number of rotatable bonds is 4. The first-order chi connectivity index (χ1) is 7.40. The summed E-state index contributed by atoms with van der Waals surface area (Å²) >= 11 is 0. The van der Waals surface area contributed by atoms with Crippen molar-refractivity contribution < 1.29 is 9.47 Å². The standard InChI is InChI=1S/C12H23NO2/c13-8-10-4-3-6-12(10)15-9-11-5-1-2-7-14-11/h10-12H,1-9,13H2. The Labute approximate surface area is 92.3 Å². The molecule has 0 amide bonds. The van der Waals surface area contributed by atoms with Crippen LogP contribution in [0.2, 0.25) is 0 Å². The summed E-state index contributed by atoms with van der Waals surface area (Å²) in [5.74, 6) is 0.591. The van der Waals surface area contributed by atoms with Crippen molar-refractivity contribution in [2.45, 2.75) is 50.7 Å². The lowest BCUT2D eigenvalue weighted by atomic mass is 10.1. The van der Waals surface area contributed by atoms with Crippen LogP contribution in [-0.4, -0.2) is 32.0 Å². The normalized spacial score (nSPS) is 37.0. The molecule has 3 heteroatoms. The minimum absolute atomic E-state index is 0.345. The van der Waals surface area contributed by atoms with Crippen LogP contribution in [0.15, 0.2) is 0 Å². The highest BCUT2D eigenvalue weighted by Gasteiger charge is 2.27. The van der Waals surface area contributed by atoms with Crippen LogP contribution in [0.5, 0.6) is 0 Å². The van der Waals surface area contributed by atoms with E-state index in [4.69, 9.17) is 15.2 Å². The quantitative estimate of drug-likeness (QED) is 0.773. The summed E-state index contributed by atoms with van der Waals surface area (Å²) in [6.45, 7) is 2.47. The zero-order valence-electron chi connectivity index (χ0n) is 9.49. The molecular formula is C12H23NO2. The summed E-state index contributed by atoms with van der Waals surface area (Å²) < 4.78 is 11.6. The maximum atomic E-state index is 5.94. The molecule has 1 aliphatic heterocycles. The van der Waals surface area contributed by atoms with Crippen molar-refractivity contribution in [3.05, 3.63) is 0 Å². The van der Waals surface area contributed by atoms with Crippen LogP contribution in [0, 0.1) is 5.92 Å². The molecule has 3 unspecified atom stereocenters. The Kier molecular flexibility index (Phi) is 4.42. The molecule has 0 aromatic rings. The van der Waals surface area contributed by atoms with Gasteiger partial charge in [0, 0.05) is 6.61 Å². The highest BCUT2D eigenvalue weighted by atomic mass is 16.5. The fourth-order valence-corrected chi connectivity index (χ4v) is 2.66. The molecule has 2 aliphatic rings. The van der Waals surface area contributed by atoms with E-state index in [9.17, 15) is 0 Å². The van der Waals surface area contributed by atoms with Gasteiger partial charge in [-0.3, -0.25) is 0 Å². The van der Waals surface area contributed by atoms with Crippen molar-refractivity contribution in [3.63, 3.8) is 0 Å². The Bertz CT molecular complexity index is 180. The van der Waals surface area contributed by atoms with Gasteiger partial charge in [-0.1, -0.05) is 6.42 Å². The maximum Gasteiger partial charge on any atom is 0.0808 e. The van der Waals surface area contributed by atoms with Gasteiger partial charge >= 0.3 is 0 Å². The molecule has 1 saturated heterocycles. The van der Waals surface area contributed by atoms with E-state index in [1.165, 1.54) is 38.5 Å². The van der Waals surface area contributed by atoms with Crippen molar-refractivity contribution in [2.75, 3.05) is 19.8 Å². The molecule has 0 spiro atoms. The largest absolute Gasteiger partial charge is 0.376 e. The van der Waals surface area contributed by atoms with Crippen LogP contribution in [0.4, 0.5) is 0 Å². The molecule has 3 atom stereocenters. The Morgan fingerprint density at radius 3 is 2.80 bits per heavy atom. The third-order valence-electron chi connectivity index (χ3n) is 3.66. The summed E-state index contributed by atoms with van der Waals surface area (Å²) in [5, 5.41) is 0. The highest BCUT2D eigenvalue weighted by Crippen LogP contribution is 2.28. The smallest absolute Gasteiger partial charge is 0.0808 e. The van der Waals surface area contributed by atoms with E-state index in [1.54, 1.807) is 0 Å². The molecule has 2 N–H and O–H groups in total. The molecule has 0 aromatic carbocycles. The Morgan fingerprint density at radius 1 is 1.13 bits per heavy atom. The number of nitrogens with two attached hydrogens (primary N) is 1. The van der Waals surface area contributed by atoms with Gasteiger partial charge in [-0.25, -0.2) is 0 Å². The van der Waals surface area contributed by atoms with Gasteiger partial charge in [0.15, 0.2) is 0 Å². The summed E-state index contributed by atoms with van der Waals surface area (Å²) in [7, 11) is 0. The summed E-state index contributed by atoms with van der Waals surface area (Å²) in [6.07, 6.45) is 8.13. The first-order valence-corrected chi connectivity index (χ1v) is 6.33. The third kappa shape index (κ3) is 3.16. The number of hydrogen-bond donors (Lipinski definition) is 1. The van der Waals surface area contributed by atoms with E-state index in [0.717, 1.165) is 19.8 Å². The fraction of sp³-hybridized carbons (Fsp3) is 1.00. The first-order valence-electron chi connectivity index (χ1n) is 6.33. The van der Waals surface area contributed by atoms with Gasteiger partial charge in [0.2, 0.25) is 0 Å². The lowest BCUT2D eigenvalue weighted by Gasteiger charge is -2.25. The van der Waals surface area contributed by atoms with Crippen LogP contribution in [0.25, 0.3) is 0 Å². The summed E-state index contributed by atoms with van der Waals surface area (Å²) in [5.41, 5.74) is 5.72. The minimum atomic E-state index is 0.345. The average Bonchev–Trinajstić information content (AvgIpc) is 2.75. The average molecular weight is 213 g/mol. The molecule has 0 bridgehead atoms. The van der Waals surface area contributed by atoms with Gasteiger partial charge in [-0.15, -0.1) is 0 Å². The molecule has 0 aromatic heterocycles. The molecule has 1 heterocycles.